The van der Waals surface area contributed by atoms with Crippen LogP contribution in [-0.2, 0) is 4.79 Å². The zero-order valence-electron chi connectivity index (χ0n) is 15.0. The first-order valence-corrected chi connectivity index (χ1v) is 10.0. The topological polar surface area (TPSA) is 59.8 Å². The van der Waals surface area contributed by atoms with E-state index in [9.17, 15) is 9.59 Å². The molecule has 3 aromatic rings. The number of carbonyl (C=O) groups excluding carboxylic acids is 2. The van der Waals surface area contributed by atoms with E-state index in [1.807, 2.05) is 0 Å². The third kappa shape index (κ3) is 3.92. The van der Waals surface area contributed by atoms with E-state index in [4.69, 9.17) is 32.4 Å². The van der Waals surface area contributed by atoms with E-state index >= 15 is 0 Å². The minimum Gasteiger partial charge on any atom is -0.497 e. The highest BCUT2D eigenvalue weighted by Gasteiger charge is 2.36. The molecule has 1 aliphatic rings. The summed E-state index contributed by atoms with van der Waals surface area (Å²) < 4.78 is 11.0. The highest BCUT2D eigenvalue weighted by molar-refractivity contribution is 8.19. The summed E-state index contributed by atoms with van der Waals surface area (Å²) in [6.07, 6.45) is 1.55. The fourth-order valence-corrected chi connectivity index (χ4v) is 3.92. The molecule has 0 radical (unpaired) electrons. The van der Waals surface area contributed by atoms with Gasteiger partial charge in [-0.15, -0.1) is 0 Å². The summed E-state index contributed by atoms with van der Waals surface area (Å²) in [7, 11) is 1.52. The van der Waals surface area contributed by atoms with Gasteiger partial charge >= 0.3 is 0 Å². The Morgan fingerprint density at radius 3 is 2.62 bits per heavy atom. The lowest BCUT2D eigenvalue weighted by atomic mass is 10.2. The monoisotopic (exact) mass is 445 g/mol. The van der Waals surface area contributed by atoms with Gasteiger partial charge in [0.1, 0.15) is 17.3 Å². The molecule has 1 fully saturated rings. The lowest BCUT2D eigenvalue weighted by Crippen LogP contribution is -2.27. The lowest BCUT2D eigenvalue weighted by Gasteiger charge is -2.13. The molecular formula is C21H13Cl2NO4S. The normalized spacial score (nSPS) is 15.4. The van der Waals surface area contributed by atoms with Crippen molar-refractivity contribution in [1.82, 2.24) is 0 Å². The molecule has 29 heavy (non-hydrogen) atoms. The third-order valence-electron chi connectivity index (χ3n) is 4.21. The standard InChI is InChI=1S/C21H13Cl2NO4S/c1-27-14-4-2-3-13(10-14)24-20(25)19(29-21(24)26)11-15-6-8-18(28-15)12-5-7-16(22)17(23)9-12/h2-11H,1H3/b19-11+. The zero-order valence-corrected chi connectivity index (χ0v) is 17.3. The number of imide groups is 1. The Hall–Kier alpha value is -2.67. The summed E-state index contributed by atoms with van der Waals surface area (Å²) in [4.78, 5) is 26.6. The Morgan fingerprint density at radius 1 is 1.03 bits per heavy atom. The van der Waals surface area contributed by atoms with Crippen LogP contribution in [0.3, 0.4) is 0 Å². The lowest BCUT2D eigenvalue weighted by molar-refractivity contribution is -0.113. The van der Waals surface area contributed by atoms with Gasteiger partial charge in [-0.25, -0.2) is 4.90 Å². The van der Waals surface area contributed by atoms with Crippen molar-refractivity contribution in [3.63, 3.8) is 0 Å². The van der Waals surface area contributed by atoms with Gasteiger partial charge in [0.05, 0.1) is 27.7 Å². The van der Waals surface area contributed by atoms with Crippen molar-refractivity contribution in [3.8, 4) is 17.1 Å². The maximum absolute atomic E-state index is 12.8. The molecule has 1 aliphatic heterocycles. The van der Waals surface area contributed by atoms with Crippen LogP contribution in [0.5, 0.6) is 5.75 Å². The molecule has 8 heteroatoms. The zero-order chi connectivity index (χ0) is 20.5. The molecule has 5 nitrogen and oxygen atoms in total. The predicted molar refractivity (Wildman–Crippen MR) is 116 cm³/mol. The number of hydrogen-bond acceptors (Lipinski definition) is 5. The minimum atomic E-state index is -0.416. The van der Waals surface area contributed by atoms with Gasteiger partial charge in [0.2, 0.25) is 0 Å². The van der Waals surface area contributed by atoms with Crippen LogP contribution in [0.25, 0.3) is 17.4 Å². The number of carbonyl (C=O) groups is 2. The van der Waals surface area contributed by atoms with Crippen LogP contribution in [0.2, 0.25) is 10.0 Å². The number of benzene rings is 2. The number of ether oxygens (including phenoxy) is 1. The summed E-state index contributed by atoms with van der Waals surface area (Å²) in [6, 6.07) is 15.4. The first-order valence-electron chi connectivity index (χ1n) is 8.43. The number of halogens is 2. The molecule has 0 bridgehead atoms. The largest absolute Gasteiger partial charge is 0.497 e. The maximum Gasteiger partial charge on any atom is 0.298 e. The molecule has 146 valence electrons. The Labute approximate surface area is 180 Å². The minimum absolute atomic E-state index is 0.271. The average Bonchev–Trinajstić information content (AvgIpc) is 3.28. The molecule has 1 aromatic heterocycles. The van der Waals surface area contributed by atoms with E-state index in [2.05, 4.69) is 0 Å². The van der Waals surface area contributed by atoms with Crippen LogP contribution in [0.4, 0.5) is 10.5 Å². The summed E-state index contributed by atoms with van der Waals surface area (Å²) in [5, 5.41) is 0.487. The molecule has 2 aromatic carbocycles. The van der Waals surface area contributed by atoms with Crippen molar-refractivity contribution in [3.05, 3.63) is 75.3 Å². The highest BCUT2D eigenvalue weighted by Crippen LogP contribution is 2.37. The number of nitrogens with zero attached hydrogens (tertiary/aromatic N) is 1. The van der Waals surface area contributed by atoms with E-state index in [1.54, 1.807) is 60.7 Å². The van der Waals surface area contributed by atoms with Crippen molar-refractivity contribution < 1.29 is 18.7 Å². The number of hydrogen-bond donors (Lipinski definition) is 0. The van der Waals surface area contributed by atoms with Gasteiger partial charge < -0.3 is 9.15 Å². The Kier molecular flexibility index (Phi) is 5.41. The molecule has 2 heterocycles. The molecule has 0 unspecified atom stereocenters. The molecule has 2 amide bonds. The first kappa shape index (κ1) is 19.6. The number of methoxy groups -OCH3 is 1. The average molecular weight is 446 g/mol. The van der Waals surface area contributed by atoms with Gasteiger partial charge in [-0.3, -0.25) is 9.59 Å². The van der Waals surface area contributed by atoms with Crippen LogP contribution in [0, 0.1) is 0 Å². The Bertz CT molecular complexity index is 1160. The fraction of sp³-hybridized carbons (Fsp3) is 0.0476. The Morgan fingerprint density at radius 2 is 1.86 bits per heavy atom. The quantitative estimate of drug-likeness (QED) is 0.428. The van der Waals surface area contributed by atoms with E-state index in [-0.39, 0.29) is 10.1 Å². The molecular weight excluding hydrogens is 433 g/mol. The van der Waals surface area contributed by atoms with Gasteiger partial charge in [0.15, 0.2) is 0 Å². The summed E-state index contributed by atoms with van der Waals surface area (Å²) in [6.45, 7) is 0. The van der Waals surface area contributed by atoms with Crippen molar-refractivity contribution in [1.29, 1.82) is 0 Å². The molecule has 1 saturated heterocycles. The Balaban J connectivity index is 1.60. The molecule has 0 spiro atoms. The van der Waals surface area contributed by atoms with Crippen LogP contribution < -0.4 is 9.64 Å². The highest BCUT2D eigenvalue weighted by atomic mass is 35.5. The van der Waals surface area contributed by atoms with E-state index < -0.39 is 5.91 Å². The van der Waals surface area contributed by atoms with Gasteiger partial charge in [-0.05, 0) is 54.2 Å². The summed E-state index contributed by atoms with van der Waals surface area (Å²) >= 11 is 12.9. The number of amides is 2. The van der Waals surface area contributed by atoms with Gasteiger partial charge in [0.25, 0.3) is 11.1 Å². The predicted octanol–water partition coefficient (Wildman–Crippen LogP) is 6.50. The number of thioether (sulfide) groups is 1. The van der Waals surface area contributed by atoms with E-state index in [1.165, 1.54) is 7.11 Å². The SMILES string of the molecule is COc1cccc(N2C(=O)S/C(=C/c3ccc(-c4ccc(Cl)c(Cl)c4)o3)C2=O)c1. The second-order valence-electron chi connectivity index (χ2n) is 6.05. The second kappa shape index (κ2) is 7.99. The second-order valence-corrected chi connectivity index (χ2v) is 7.86. The van der Waals surface area contributed by atoms with Gasteiger partial charge in [-0.1, -0.05) is 29.3 Å². The van der Waals surface area contributed by atoms with Crippen LogP contribution in [0.15, 0.2) is 63.9 Å². The van der Waals surface area contributed by atoms with Crippen molar-refractivity contribution >= 4 is 57.9 Å². The molecule has 0 N–H and O–H groups in total. The molecule has 0 atom stereocenters. The molecule has 4 rings (SSSR count). The molecule has 0 saturated carbocycles. The van der Waals surface area contributed by atoms with E-state index in [0.29, 0.717) is 33.0 Å². The number of furan rings is 1. The van der Waals surface area contributed by atoms with Crippen molar-refractivity contribution in [2.75, 3.05) is 12.0 Å². The fourth-order valence-electron chi connectivity index (χ4n) is 2.80. The van der Waals surface area contributed by atoms with Crippen LogP contribution in [-0.4, -0.2) is 18.3 Å². The first-order chi connectivity index (χ1) is 14.0. The van der Waals surface area contributed by atoms with Crippen LogP contribution in [0.1, 0.15) is 5.76 Å². The number of anilines is 1. The van der Waals surface area contributed by atoms with Crippen molar-refractivity contribution in [2.45, 2.75) is 0 Å². The van der Waals surface area contributed by atoms with Crippen LogP contribution >= 0.6 is 35.0 Å². The summed E-state index contributed by atoms with van der Waals surface area (Å²) in [5.41, 5.74) is 1.20. The molecule has 0 aliphatic carbocycles. The van der Waals surface area contributed by atoms with Gasteiger partial charge in [-0.2, -0.15) is 0 Å². The smallest absolute Gasteiger partial charge is 0.298 e. The van der Waals surface area contributed by atoms with Gasteiger partial charge in [0, 0.05) is 17.7 Å². The third-order valence-corrected chi connectivity index (χ3v) is 5.82. The van der Waals surface area contributed by atoms with Crippen molar-refractivity contribution in [2.24, 2.45) is 0 Å². The maximum atomic E-state index is 12.8. The van der Waals surface area contributed by atoms with E-state index in [0.717, 1.165) is 22.2 Å². The number of rotatable bonds is 4. The summed E-state index contributed by atoms with van der Waals surface area (Å²) in [5.74, 6) is 1.16.